The molecule has 66 valence electrons. The van der Waals surface area contributed by atoms with Crippen LogP contribution in [0, 0.1) is 0 Å². The Morgan fingerprint density at radius 3 is 3.15 bits per heavy atom. The van der Waals surface area contributed by atoms with Gasteiger partial charge in [-0.3, -0.25) is 4.79 Å². The zero-order valence-corrected chi connectivity index (χ0v) is 7.40. The highest BCUT2D eigenvalue weighted by Gasteiger charge is 2.03. The van der Waals surface area contributed by atoms with Gasteiger partial charge < -0.3 is 4.40 Å². The zero-order valence-electron chi connectivity index (χ0n) is 7.40. The van der Waals surface area contributed by atoms with Crippen LogP contribution in [0.4, 0.5) is 0 Å². The van der Waals surface area contributed by atoms with Crippen molar-refractivity contribution in [2.75, 3.05) is 0 Å². The van der Waals surface area contributed by atoms with E-state index < -0.39 is 0 Å². The van der Waals surface area contributed by atoms with E-state index in [1.165, 1.54) is 0 Å². The first kappa shape index (κ1) is 7.98. The van der Waals surface area contributed by atoms with Crippen LogP contribution in [0.1, 0.15) is 23.7 Å². The van der Waals surface area contributed by atoms with E-state index in [-0.39, 0.29) is 5.78 Å². The highest BCUT2D eigenvalue weighted by Crippen LogP contribution is 2.06. The van der Waals surface area contributed by atoms with Crippen molar-refractivity contribution in [2.24, 2.45) is 0 Å². The largest absolute Gasteiger partial charge is 0.306 e. The molecule has 0 aliphatic rings. The van der Waals surface area contributed by atoms with Crippen molar-refractivity contribution in [1.82, 2.24) is 9.38 Å². The van der Waals surface area contributed by atoms with Crippen LogP contribution in [0.5, 0.6) is 0 Å². The molecule has 2 heterocycles. The van der Waals surface area contributed by atoms with Crippen LogP contribution in [0.25, 0.3) is 5.65 Å². The van der Waals surface area contributed by atoms with Crippen molar-refractivity contribution in [2.45, 2.75) is 13.3 Å². The number of rotatable bonds is 2. The minimum atomic E-state index is 0.163. The van der Waals surface area contributed by atoms with Crippen molar-refractivity contribution in [3.63, 3.8) is 0 Å². The molecule has 3 nitrogen and oxygen atoms in total. The van der Waals surface area contributed by atoms with Gasteiger partial charge in [0, 0.05) is 30.6 Å². The van der Waals surface area contributed by atoms with Gasteiger partial charge in [-0.15, -0.1) is 0 Å². The first-order valence-corrected chi connectivity index (χ1v) is 4.27. The lowest BCUT2D eigenvalue weighted by Gasteiger charge is -1.98. The third-order valence-corrected chi connectivity index (χ3v) is 2.03. The summed E-state index contributed by atoms with van der Waals surface area (Å²) in [7, 11) is 0. The lowest BCUT2D eigenvalue weighted by molar-refractivity contribution is 0.0988. The number of hydrogen-bond donors (Lipinski definition) is 0. The minimum Gasteiger partial charge on any atom is -0.306 e. The molecule has 0 saturated carbocycles. The fraction of sp³-hybridized carbons (Fsp3) is 0.200. The number of fused-ring (bicyclic) bond motifs is 1. The molecule has 0 unspecified atom stereocenters. The molecule has 0 fully saturated rings. The van der Waals surface area contributed by atoms with E-state index in [1.54, 1.807) is 6.20 Å². The SMILES string of the molecule is CCC(=O)c1ccc2nccn2c1. The Bertz CT molecular complexity index is 445. The molecule has 0 radical (unpaired) electrons. The second kappa shape index (κ2) is 3.01. The molecule has 2 aromatic heterocycles. The van der Waals surface area contributed by atoms with Gasteiger partial charge in [0.05, 0.1) is 0 Å². The van der Waals surface area contributed by atoms with Crippen molar-refractivity contribution in [1.29, 1.82) is 0 Å². The van der Waals surface area contributed by atoms with E-state index in [4.69, 9.17) is 0 Å². The Labute approximate surface area is 76.0 Å². The fourth-order valence-electron chi connectivity index (χ4n) is 1.29. The van der Waals surface area contributed by atoms with Gasteiger partial charge >= 0.3 is 0 Å². The molecule has 0 spiro atoms. The van der Waals surface area contributed by atoms with Crippen LogP contribution < -0.4 is 0 Å². The molecule has 0 aliphatic heterocycles. The predicted octanol–water partition coefficient (Wildman–Crippen LogP) is 1.93. The number of pyridine rings is 1. The van der Waals surface area contributed by atoms with Crippen LogP contribution in [0.2, 0.25) is 0 Å². The average Bonchev–Trinajstić information content (AvgIpc) is 2.63. The first-order chi connectivity index (χ1) is 6.31. The molecule has 0 amide bonds. The highest BCUT2D eigenvalue weighted by molar-refractivity contribution is 5.95. The summed E-state index contributed by atoms with van der Waals surface area (Å²) in [5.74, 6) is 0.163. The number of Topliss-reactive ketones (excluding diaryl/α,β-unsaturated/α-hetero) is 1. The Morgan fingerprint density at radius 2 is 2.38 bits per heavy atom. The molecule has 2 aromatic rings. The van der Waals surface area contributed by atoms with Crippen LogP contribution in [-0.4, -0.2) is 15.2 Å². The van der Waals surface area contributed by atoms with E-state index >= 15 is 0 Å². The minimum absolute atomic E-state index is 0.163. The Hall–Kier alpha value is -1.64. The summed E-state index contributed by atoms with van der Waals surface area (Å²) < 4.78 is 1.85. The van der Waals surface area contributed by atoms with Gasteiger partial charge in [0.1, 0.15) is 5.65 Å². The van der Waals surface area contributed by atoms with Gasteiger partial charge in [0.25, 0.3) is 0 Å². The standard InChI is InChI=1S/C10H10N2O/c1-2-9(13)8-3-4-10-11-5-6-12(10)7-8/h3-7H,2H2,1H3. The number of carbonyl (C=O) groups excluding carboxylic acids is 1. The highest BCUT2D eigenvalue weighted by atomic mass is 16.1. The molecular formula is C10H10N2O. The second-order valence-corrected chi connectivity index (χ2v) is 2.89. The number of hydrogen-bond acceptors (Lipinski definition) is 2. The number of ketones is 1. The number of aromatic nitrogens is 2. The van der Waals surface area contributed by atoms with Crippen molar-refractivity contribution in [3.05, 3.63) is 36.3 Å². The number of imidazole rings is 1. The molecule has 3 heteroatoms. The smallest absolute Gasteiger partial charge is 0.164 e. The van der Waals surface area contributed by atoms with E-state index in [0.717, 1.165) is 11.2 Å². The predicted molar refractivity (Wildman–Crippen MR) is 49.8 cm³/mol. The van der Waals surface area contributed by atoms with Gasteiger partial charge in [-0.1, -0.05) is 6.92 Å². The third-order valence-electron chi connectivity index (χ3n) is 2.03. The van der Waals surface area contributed by atoms with Gasteiger partial charge in [-0.2, -0.15) is 0 Å². The Balaban J connectivity index is 2.54. The summed E-state index contributed by atoms with van der Waals surface area (Å²) in [4.78, 5) is 15.4. The van der Waals surface area contributed by atoms with Crippen molar-refractivity contribution < 1.29 is 4.79 Å². The van der Waals surface area contributed by atoms with E-state index in [0.29, 0.717) is 6.42 Å². The molecule has 0 saturated heterocycles. The average molecular weight is 174 g/mol. The van der Waals surface area contributed by atoms with E-state index in [2.05, 4.69) is 4.98 Å². The summed E-state index contributed by atoms with van der Waals surface area (Å²) in [5, 5.41) is 0. The summed E-state index contributed by atoms with van der Waals surface area (Å²) >= 11 is 0. The van der Waals surface area contributed by atoms with E-state index in [1.807, 2.05) is 35.9 Å². The van der Waals surface area contributed by atoms with Gasteiger partial charge in [0.2, 0.25) is 0 Å². The lowest BCUT2D eigenvalue weighted by atomic mass is 10.1. The van der Waals surface area contributed by atoms with Crippen LogP contribution in [0.15, 0.2) is 30.7 Å². The molecule has 2 rings (SSSR count). The summed E-state index contributed by atoms with van der Waals surface area (Å²) in [5.41, 5.74) is 1.61. The molecule has 0 N–H and O–H groups in total. The lowest BCUT2D eigenvalue weighted by Crippen LogP contribution is -1.98. The maximum atomic E-state index is 11.3. The van der Waals surface area contributed by atoms with Crippen LogP contribution in [0.3, 0.4) is 0 Å². The summed E-state index contributed by atoms with van der Waals surface area (Å²) in [6, 6.07) is 3.66. The van der Waals surface area contributed by atoms with E-state index in [9.17, 15) is 4.79 Å². The van der Waals surface area contributed by atoms with Crippen molar-refractivity contribution in [3.8, 4) is 0 Å². The molecule has 0 atom stereocenters. The van der Waals surface area contributed by atoms with Gasteiger partial charge in [-0.05, 0) is 12.1 Å². The Kier molecular flexibility index (Phi) is 1.85. The zero-order chi connectivity index (χ0) is 9.26. The topological polar surface area (TPSA) is 34.4 Å². The maximum absolute atomic E-state index is 11.3. The molecule has 0 bridgehead atoms. The summed E-state index contributed by atoms with van der Waals surface area (Å²) in [6.07, 6.45) is 5.91. The van der Waals surface area contributed by atoms with Crippen LogP contribution >= 0.6 is 0 Å². The molecule has 0 aromatic carbocycles. The number of carbonyl (C=O) groups is 1. The van der Waals surface area contributed by atoms with Gasteiger partial charge in [0.15, 0.2) is 5.78 Å². The number of nitrogens with zero attached hydrogens (tertiary/aromatic N) is 2. The normalized spacial score (nSPS) is 10.5. The van der Waals surface area contributed by atoms with Crippen LogP contribution in [-0.2, 0) is 0 Å². The monoisotopic (exact) mass is 174 g/mol. The maximum Gasteiger partial charge on any atom is 0.164 e. The second-order valence-electron chi connectivity index (χ2n) is 2.89. The summed E-state index contributed by atoms with van der Waals surface area (Å²) in [6.45, 7) is 1.86. The molecular weight excluding hydrogens is 164 g/mol. The Morgan fingerprint density at radius 1 is 1.54 bits per heavy atom. The fourth-order valence-corrected chi connectivity index (χ4v) is 1.29. The first-order valence-electron chi connectivity index (χ1n) is 4.27. The molecule has 0 aliphatic carbocycles. The molecule has 13 heavy (non-hydrogen) atoms. The quantitative estimate of drug-likeness (QED) is 0.652. The third kappa shape index (κ3) is 1.33. The van der Waals surface area contributed by atoms with Crippen molar-refractivity contribution >= 4 is 11.4 Å². The van der Waals surface area contributed by atoms with Gasteiger partial charge in [-0.25, -0.2) is 4.98 Å².